The van der Waals surface area contributed by atoms with Crippen LogP contribution in [0.1, 0.15) is 13.3 Å². The van der Waals surface area contributed by atoms with Crippen molar-refractivity contribution < 1.29 is 4.42 Å². The van der Waals surface area contributed by atoms with Crippen LogP contribution in [0, 0.1) is 0 Å². The van der Waals surface area contributed by atoms with Gasteiger partial charge in [0, 0.05) is 14.0 Å². The zero-order valence-electron chi connectivity index (χ0n) is 8.46. The molecule has 1 atom stereocenters. The minimum absolute atomic E-state index is 0.220. The van der Waals surface area contributed by atoms with E-state index >= 15 is 0 Å². The van der Waals surface area contributed by atoms with Crippen molar-refractivity contribution >= 4 is 45.7 Å². The second kappa shape index (κ2) is 3.11. The molecule has 1 aliphatic rings. The summed E-state index contributed by atoms with van der Waals surface area (Å²) in [6.07, 6.45) is 5.55. The predicted octanol–water partition coefficient (Wildman–Crippen LogP) is 2.59. The SMILES string of the molecule is C[C@@]1(I)C=c2c(oc3ccccc23)=CC1. The molecule has 0 fully saturated rings. The predicted molar refractivity (Wildman–Crippen MR) is 71.4 cm³/mol. The summed E-state index contributed by atoms with van der Waals surface area (Å²) in [6, 6.07) is 8.23. The molecule has 0 radical (unpaired) electrons. The van der Waals surface area contributed by atoms with Crippen molar-refractivity contribution in [1.82, 2.24) is 0 Å². The standard InChI is InChI=1S/C13H11IO/c1-13(14)7-6-12-10(8-13)9-4-2-3-5-11(9)15-12/h2-6,8H,7H2,1H3/t13-/m0/s1. The Bertz CT molecular complexity index is 634. The molecule has 0 aliphatic heterocycles. The van der Waals surface area contributed by atoms with Crippen LogP contribution in [0.2, 0.25) is 0 Å². The topological polar surface area (TPSA) is 13.1 Å². The molecule has 76 valence electrons. The van der Waals surface area contributed by atoms with E-state index in [1.807, 2.05) is 12.1 Å². The number of benzene rings is 1. The van der Waals surface area contributed by atoms with Gasteiger partial charge in [0.2, 0.25) is 0 Å². The Morgan fingerprint density at radius 3 is 3.00 bits per heavy atom. The Balaban J connectivity index is 2.51. The van der Waals surface area contributed by atoms with Gasteiger partial charge in [-0.1, -0.05) is 46.9 Å². The van der Waals surface area contributed by atoms with Crippen molar-refractivity contribution in [2.75, 3.05) is 0 Å². The smallest absolute Gasteiger partial charge is 0.135 e. The highest BCUT2D eigenvalue weighted by molar-refractivity contribution is 14.1. The van der Waals surface area contributed by atoms with Crippen LogP contribution >= 0.6 is 22.6 Å². The number of hydrogen-bond donors (Lipinski definition) is 0. The van der Waals surface area contributed by atoms with Gasteiger partial charge in [-0.2, -0.15) is 0 Å². The Kier molecular flexibility index (Phi) is 1.96. The number of rotatable bonds is 0. The van der Waals surface area contributed by atoms with Gasteiger partial charge in [-0.05, 0) is 25.5 Å². The maximum atomic E-state index is 5.79. The fourth-order valence-corrected chi connectivity index (χ4v) is 2.57. The average Bonchev–Trinajstić information content (AvgIpc) is 2.55. The molecule has 0 N–H and O–H groups in total. The van der Waals surface area contributed by atoms with Gasteiger partial charge in [0.1, 0.15) is 11.0 Å². The van der Waals surface area contributed by atoms with Crippen molar-refractivity contribution in [2.45, 2.75) is 16.8 Å². The molecular weight excluding hydrogens is 299 g/mol. The molecular formula is C13H11IO. The van der Waals surface area contributed by atoms with Crippen molar-refractivity contribution in [2.24, 2.45) is 0 Å². The summed E-state index contributed by atoms with van der Waals surface area (Å²) in [7, 11) is 0. The van der Waals surface area contributed by atoms with E-state index in [9.17, 15) is 0 Å². The van der Waals surface area contributed by atoms with E-state index in [2.05, 4.69) is 53.8 Å². The Hall–Kier alpha value is -0.770. The highest BCUT2D eigenvalue weighted by Crippen LogP contribution is 2.26. The molecule has 0 bridgehead atoms. The number of furan rings is 1. The molecule has 1 aliphatic carbocycles. The second-order valence-corrected chi connectivity index (χ2v) is 6.67. The summed E-state index contributed by atoms with van der Waals surface area (Å²) in [5, 5.41) is 2.49. The van der Waals surface area contributed by atoms with Crippen LogP contribution in [0.3, 0.4) is 0 Å². The van der Waals surface area contributed by atoms with Gasteiger partial charge in [0.05, 0.1) is 0 Å². The van der Waals surface area contributed by atoms with Crippen LogP contribution < -0.4 is 10.6 Å². The zero-order chi connectivity index (χ0) is 10.5. The lowest BCUT2D eigenvalue weighted by Crippen LogP contribution is -2.30. The summed E-state index contributed by atoms with van der Waals surface area (Å²) in [4.78, 5) is 0. The largest absolute Gasteiger partial charge is 0.456 e. The fourth-order valence-electron chi connectivity index (χ4n) is 2.04. The first-order valence-electron chi connectivity index (χ1n) is 5.05. The average molecular weight is 310 g/mol. The molecule has 1 heterocycles. The summed E-state index contributed by atoms with van der Waals surface area (Å²) in [5.41, 5.74) is 2.02. The first kappa shape index (κ1) is 9.46. The lowest BCUT2D eigenvalue weighted by molar-refractivity contribution is 0.570. The second-order valence-electron chi connectivity index (χ2n) is 4.21. The van der Waals surface area contributed by atoms with Crippen LogP contribution in [-0.4, -0.2) is 3.42 Å². The van der Waals surface area contributed by atoms with Gasteiger partial charge in [-0.25, -0.2) is 0 Å². The van der Waals surface area contributed by atoms with Crippen LogP contribution in [0.15, 0.2) is 28.7 Å². The van der Waals surface area contributed by atoms with E-state index in [-0.39, 0.29) is 3.42 Å². The molecule has 1 aromatic heterocycles. The van der Waals surface area contributed by atoms with E-state index in [1.165, 1.54) is 10.6 Å². The van der Waals surface area contributed by atoms with Crippen LogP contribution in [-0.2, 0) is 0 Å². The summed E-state index contributed by atoms with van der Waals surface area (Å²) < 4.78 is 6.01. The third kappa shape index (κ3) is 1.51. The lowest BCUT2D eigenvalue weighted by atomic mass is 10.0. The molecule has 0 amide bonds. The molecule has 15 heavy (non-hydrogen) atoms. The number of para-hydroxylation sites is 1. The molecule has 1 nitrogen and oxygen atoms in total. The first-order valence-corrected chi connectivity index (χ1v) is 6.13. The third-order valence-electron chi connectivity index (χ3n) is 2.79. The van der Waals surface area contributed by atoms with Gasteiger partial charge in [-0.3, -0.25) is 0 Å². The normalized spacial score (nSPS) is 24.4. The Morgan fingerprint density at radius 1 is 1.33 bits per heavy atom. The maximum absolute atomic E-state index is 5.79. The maximum Gasteiger partial charge on any atom is 0.135 e. The lowest BCUT2D eigenvalue weighted by Gasteiger charge is -2.16. The molecule has 1 aromatic carbocycles. The van der Waals surface area contributed by atoms with Crippen molar-refractivity contribution in [1.29, 1.82) is 0 Å². The van der Waals surface area contributed by atoms with Gasteiger partial charge >= 0.3 is 0 Å². The van der Waals surface area contributed by atoms with Gasteiger partial charge in [-0.15, -0.1) is 0 Å². The van der Waals surface area contributed by atoms with Gasteiger partial charge in [0.15, 0.2) is 0 Å². The minimum atomic E-state index is 0.220. The highest BCUT2D eigenvalue weighted by atomic mass is 127. The van der Waals surface area contributed by atoms with Crippen molar-refractivity contribution in [3.63, 3.8) is 0 Å². The summed E-state index contributed by atoms with van der Waals surface area (Å²) in [5.74, 6) is 0. The van der Waals surface area contributed by atoms with Crippen LogP contribution in [0.25, 0.3) is 23.1 Å². The quantitative estimate of drug-likeness (QED) is 0.538. The van der Waals surface area contributed by atoms with Crippen LogP contribution in [0.5, 0.6) is 0 Å². The van der Waals surface area contributed by atoms with Crippen LogP contribution in [0.4, 0.5) is 0 Å². The van der Waals surface area contributed by atoms with E-state index in [0.717, 1.165) is 17.4 Å². The molecule has 0 saturated heterocycles. The van der Waals surface area contributed by atoms with E-state index < -0.39 is 0 Å². The monoisotopic (exact) mass is 310 g/mol. The van der Waals surface area contributed by atoms with Crippen molar-refractivity contribution in [3.8, 4) is 0 Å². The number of alkyl halides is 1. The molecule has 2 heteroatoms. The van der Waals surface area contributed by atoms with Gasteiger partial charge < -0.3 is 4.42 Å². The summed E-state index contributed by atoms with van der Waals surface area (Å²) >= 11 is 2.49. The highest BCUT2D eigenvalue weighted by Gasteiger charge is 2.19. The third-order valence-corrected chi connectivity index (χ3v) is 3.55. The van der Waals surface area contributed by atoms with E-state index in [4.69, 9.17) is 4.42 Å². The Morgan fingerprint density at radius 2 is 2.13 bits per heavy atom. The molecule has 2 aromatic rings. The fraction of sp³-hybridized carbons (Fsp3) is 0.231. The number of fused-ring (bicyclic) bond motifs is 3. The zero-order valence-corrected chi connectivity index (χ0v) is 10.6. The summed E-state index contributed by atoms with van der Waals surface area (Å²) in [6.45, 7) is 2.24. The van der Waals surface area contributed by atoms with E-state index in [0.29, 0.717) is 0 Å². The number of hydrogen-bond acceptors (Lipinski definition) is 1. The van der Waals surface area contributed by atoms with Gasteiger partial charge in [0.25, 0.3) is 0 Å². The van der Waals surface area contributed by atoms with Crippen molar-refractivity contribution in [3.05, 3.63) is 34.9 Å². The minimum Gasteiger partial charge on any atom is -0.456 e. The molecule has 3 rings (SSSR count). The Labute approximate surface area is 102 Å². The first-order chi connectivity index (χ1) is 7.16. The van der Waals surface area contributed by atoms with E-state index in [1.54, 1.807) is 0 Å². The molecule has 0 unspecified atom stereocenters. The molecule has 0 saturated carbocycles. The number of halogens is 1. The molecule has 0 spiro atoms.